The molecule has 3 rings (SSSR count). The lowest BCUT2D eigenvalue weighted by atomic mass is 10.1. The van der Waals surface area contributed by atoms with Crippen molar-refractivity contribution in [2.24, 2.45) is 5.10 Å². The number of furan rings is 1. The smallest absolute Gasteiger partial charge is 0.329 e. The average molecular weight is 571 g/mol. The molecule has 0 unspecified atom stereocenters. The van der Waals surface area contributed by atoms with Crippen molar-refractivity contribution in [3.05, 3.63) is 75.1 Å². The predicted molar refractivity (Wildman–Crippen MR) is 142 cm³/mol. The number of benzene rings is 2. The first-order valence-corrected chi connectivity index (χ1v) is 12.0. The average Bonchev–Trinajstić information content (AvgIpc) is 3.37. The highest BCUT2D eigenvalue weighted by Gasteiger charge is 2.16. The predicted octanol–water partition coefficient (Wildman–Crippen LogP) is 3.76. The molecule has 1 aromatic heterocycles. The summed E-state index contributed by atoms with van der Waals surface area (Å²) in [6.07, 6.45) is 2.81. The summed E-state index contributed by atoms with van der Waals surface area (Å²) in [6.45, 7) is 5.72. The van der Waals surface area contributed by atoms with E-state index in [0.29, 0.717) is 27.3 Å². The van der Waals surface area contributed by atoms with Gasteiger partial charge in [0.25, 0.3) is 5.91 Å². The molecule has 0 spiro atoms. The van der Waals surface area contributed by atoms with Gasteiger partial charge in [0.05, 0.1) is 30.6 Å². The van der Waals surface area contributed by atoms with E-state index in [0.717, 1.165) is 22.4 Å². The van der Waals surface area contributed by atoms with Gasteiger partial charge in [-0.25, -0.2) is 5.43 Å². The largest absolute Gasteiger partial charge is 0.493 e. The van der Waals surface area contributed by atoms with Gasteiger partial charge in [0.15, 0.2) is 18.1 Å². The van der Waals surface area contributed by atoms with Gasteiger partial charge < -0.3 is 24.5 Å². The fraction of sp³-hybridized carbons (Fsp3) is 0.231. The van der Waals surface area contributed by atoms with Crippen molar-refractivity contribution in [2.75, 3.05) is 19.0 Å². The van der Waals surface area contributed by atoms with Gasteiger partial charge in [-0.1, -0.05) is 17.7 Å². The van der Waals surface area contributed by atoms with E-state index in [4.69, 9.17) is 13.9 Å². The number of aryl methyl sites for hydroxylation is 3. The number of hydrazone groups is 1. The van der Waals surface area contributed by atoms with Gasteiger partial charge in [-0.2, -0.15) is 5.10 Å². The molecule has 1 heterocycles. The Morgan fingerprint density at radius 2 is 1.81 bits per heavy atom. The highest BCUT2D eigenvalue weighted by atomic mass is 79.9. The standard InChI is InChI=1S/C26H27BrN4O6/c1-15-8-16(2)23(17(3)9-15)30-22(32)14-37-24-20(27)10-18(11-21(24)35-4)12-29-31-26(34)25(33)28-13-19-6-5-7-36-19/h5-12H,13-14H2,1-4H3,(H,28,33)(H,30,32)(H,31,34)/b29-12-. The fourth-order valence-electron chi connectivity index (χ4n) is 3.52. The van der Waals surface area contributed by atoms with Crippen LogP contribution in [-0.2, 0) is 20.9 Å². The molecule has 3 aromatic rings. The molecule has 0 fully saturated rings. The third-order valence-electron chi connectivity index (χ3n) is 5.13. The first kappa shape index (κ1) is 27.5. The zero-order chi connectivity index (χ0) is 26.9. The molecule has 37 heavy (non-hydrogen) atoms. The van der Waals surface area contributed by atoms with Gasteiger partial charge in [-0.3, -0.25) is 14.4 Å². The topological polar surface area (TPSA) is 131 Å². The van der Waals surface area contributed by atoms with Crippen LogP contribution < -0.4 is 25.5 Å². The molecule has 3 amide bonds. The molecule has 3 N–H and O–H groups in total. The number of methoxy groups -OCH3 is 1. The van der Waals surface area contributed by atoms with Gasteiger partial charge in [0.2, 0.25) is 0 Å². The number of carbonyl (C=O) groups is 3. The third kappa shape index (κ3) is 7.68. The van der Waals surface area contributed by atoms with Crippen molar-refractivity contribution >= 4 is 45.6 Å². The molecule has 0 aliphatic heterocycles. The fourth-order valence-corrected chi connectivity index (χ4v) is 4.10. The van der Waals surface area contributed by atoms with Crippen molar-refractivity contribution in [3.8, 4) is 11.5 Å². The number of rotatable bonds is 9. The molecule has 0 saturated heterocycles. The quantitative estimate of drug-likeness (QED) is 0.204. The van der Waals surface area contributed by atoms with E-state index in [-0.39, 0.29) is 19.1 Å². The molecule has 194 valence electrons. The molecule has 0 saturated carbocycles. The van der Waals surface area contributed by atoms with Crippen molar-refractivity contribution in [1.29, 1.82) is 0 Å². The Hall–Kier alpha value is -4.12. The minimum absolute atomic E-state index is 0.0802. The minimum Gasteiger partial charge on any atom is -0.493 e. The second kappa shape index (κ2) is 12.7. The second-order valence-corrected chi connectivity index (χ2v) is 8.96. The number of hydrogen-bond acceptors (Lipinski definition) is 7. The van der Waals surface area contributed by atoms with Crippen molar-refractivity contribution in [1.82, 2.24) is 10.7 Å². The summed E-state index contributed by atoms with van der Waals surface area (Å²) in [5.74, 6) is -0.920. The zero-order valence-corrected chi connectivity index (χ0v) is 22.4. The van der Waals surface area contributed by atoms with Gasteiger partial charge in [0.1, 0.15) is 5.76 Å². The number of nitrogens with one attached hydrogen (secondary N) is 3. The molecule has 0 bridgehead atoms. The molecular weight excluding hydrogens is 544 g/mol. The minimum atomic E-state index is -0.932. The Balaban J connectivity index is 1.58. The number of amides is 3. The second-order valence-electron chi connectivity index (χ2n) is 8.11. The molecule has 0 radical (unpaired) electrons. The molecule has 0 atom stereocenters. The summed E-state index contributed by atoms with van der Waals surface area (Å²) < 4.78 is 16.7. The maximum absolute atomic E-state index is 12.5. The summed E-state index contributed by atoms with van der Waals surface area (Å²) in [7, 11) is 1.46. The van der Waals surface area contributed by atoms with E-state index in [1.54, 1.807) is 24.3 Å². The summed E-state index contributed by atoms with van der Waals surface area (Å²) in [6, 6.07) is 10.6. The highest BCUT2D eigenvalue weighted by molar-refractivity contribution is 9.10. The Morgan fingerprint density at radius 1 is 1.08 bits per heavy atom. The van der Waals surface area contributed by atoms with Crippen LogP contribution in [0.2, 0.25) is 0 Å². The number of ether oxygens (including phenoxy) is 2. The third-order valence-corrected chi connectivity index (χ3v) is 5.72. The number of hydrogen-bond donors (Lipinski definition) is 3. The Bertz CT molecular complexity index is 1300. The molecule has 0 aliphatic rings. The van der Waals surface area contributed by atoms with Crippen molar-refractivity contribution in [3.63, 3.8) is 0 Å². The van der Waals surface area contributed by atoms with E-state index in [2.05, 4.69) is 37.1 Å². The van der Waals surface area contributed by atoms with E-state index < -0.39 is 11.8 Å². The van der Waals surface area contributed by atoms with Crippen LogP contribution in [0.4, 0.5) is 5.69 Å². The number of nitrogens with zero attached hydrogens (tertiary/aromatic N) is 1. The zero-order valence-electron chi connectivity index (χ0n) is 20.8. The van der Waals surface area contributed by atoms with E-state index in [1.807, 2.05) is 32.9 Å². The van der Waals surface area contributed by atoms with Gasteiger partial charge >= 0.3 is 11.8 Å². The Labute approximate surface area is 222 Å². The van der Waals surface area contributed by atoms with Crippen molar-refractivity contribution in [2.45, 2.75) is 27.3 Å². The lowest BCUT2D eigenvalue weighted by Gasteiger charge is -2.15. The molecule has 2 aromatic carbocycles. The van der Waals surface area contributed by atoms with Crippen LogP contribution in [-0.4, -0.2) is 37.7 Å². The number of anilines is 1. The van der Waals surface area contributed by atoms with Gasteiger partial charge in [-0.15, -0.1) is 0 Å². The first-order chi connectivity index (χ1) is 17.7. The molecular formula is C26H27BrN4O6. The summed E-state index contributed by atoms with van der Waals surface area (Å²) in [5, 5.41) is 9.12. The molecule has 11 heteroatoms. The Kier molecular flexibility index (Phi) is 9.45. The van der Waals surface area contributed by atoms with E-state index >= 15 is 0 Å². The maximum Gasteiger partial charge on any atom is 0.329 e. The molecule has 0 aliphatic carbocycles. The number of carbonyl (C=O) groups excluding carboxylic acids is 3. The normalized spacial score (nSPS) is 10.7. The summed E-state index contributed by atoms with van der Waals surface area (Å²) in [4.78, 5) is 36.3. The maximum atomic E-state index is 12.5. The Morgan fingerprint density at radius 3 is 2.46 bits per heavy atom. The lowest BCUT2D eigenvalue weighted by molar-refractivity contribution is -0.139. The van der Waals surface area contributed by atoms with Crippen LogP contribution >= 0.6 is 15.9 Å². The van der Waals surface area contributed by atoms with Crippen LogP contribution in [0.15, 0.2) is 56.7 Å². The van der Waals surface area contributed by atoms with Gasteiger partial charge in [0, 0.05) is 5.69 Å². The SMILES string of the molecule is COc1cc(/C=N\NC(=O)C(=O)NCc2ccco2)cc(Br)c1OCC(=O)Nc1c(C)cc(C)cc1C. The van der Waals surface area contributed by atoms with E-state index in [1.165, 1.54) is 19.6 Å². The van der Waals surface area contributed by atoms with Crippen LogP contribution in [0.5, 0.6) is 11.5 Å². The lowest BCUT2D eigenvalue weighted by Crippen LogP contribution is -2.37. The summed E-state index contributed by atoms with van der Waals surface area (Å²) >= 11 is 3.41. The highest BCUT2D eigenvalue weighted by Crippen LogP contribution is 2.36. The number of halogens is 1. The van der Waals surface area contributed by atoms with E-state index in [9.17, 15) is 14.4 Å². The van der Waals surface area contributed by atoms with Crippen LogP contribution in [0.1, 0.15) is 28.0 Å². The monoisotopic (exact) mass is 570 g/mol. The van der Waals surface area contributed by atoms with Crippen molar-refractivity contribution < 1.29 is 28.3 Å². The van der Waals surface area contributed by atoms with Crippen LogP contribution in [0.25, 0.3) is 0 Å². The van der Waals surface area contributed by atoms with Gasteiger partial charge in [-0.05, 0) is 77.7 Å². The van der Waals surface area contributed by atoms with Crippen LogP contribution in [0, 0.1) is 20.8 Å². The summed E-state index contributed by atoms with van der Waals surface area (Å²) in [5.41, 5.74) is 6.51. The first-order valence-electron chi connectivity index (χ1n) is 11.2. The molecule has 10 nitrogen and oxygen atoms in total. The van der Waals surface area contributed by atoms with Crippen LogP contribution in [0.3, 0.4) is 0 Å².